The van der Waals surface area contributed by atoms with Gasteiger partial charge in [0.1, 0.15) is 11.6 Å². The number of nitrogens with one attached hydrogen (secondary N) is 1. The number of nitrogens with zero attached hydrogens (tertiary/aromatic N) is 3. The molecule has 3 N–H and O–H groups in total. The van der Waals surface area contributed by atoms with Gasteiger partial charge in [0.05, 0.1) is 19.3 Å². The van der Waals surface area contributed by atoms with Crippen LogP contribution in [0.4, 0.5) is 11.6 Å². The molecule has 0 aromatic carbocycles. The zero-order valence-corrected chi connectivity index (χ0v) is 13.2. The number of nitrogen functional groups attached to an aromatic ring is 1. The normalized spacial score (nSPS) is 21.0. The van der Waals surface area contributed by atoms with Gasteiger partial charge in [-0.05, 0) is 30.4 Å². The van der Waals surface area contributed by atoms with Crippen LogP contribution in [0.5, 0.6) is 0 Å². The third kappa shape index (κ3) is 3.66. The Bertz CT molecular complexity index is 625. The van der Waals surface area contributed by atoms with E-state index < -0.39 is 0 Å². The minimum absolute atomic E-state index is 0.220. The summed E-state index contributed by atoms with van der Waals surface area (Å²) in [5, 5.41) is 4.11. The number of rotatable bonds is 5. The molecular formula is C15H19N5OS. The van der Waals surface area contributed by atoms with Gasteiger partial charge in [0.2, 0.25) is 0 Å². The molecule has 22 heavy (non-hydrogen) atoms. The number of hydrogen-bond donors (Lipinski definition) is 2. The molecule has 1 aliphatic heterocycles. The van der Waals surface area contributed by atoms with Crippen molar-refractivity contribution in [1.29, 1.82) is 0 Å². The highest BCUT2D eigenvalue weighted by atomic mass is 32.2. The molecule has 2 aromatic rings. The van der Waals surface area contributed by atoms with Crippen LogP contribution in [0.2, 0.25) is 0 Å². The largest absolute Gasteiger partial charge is 0.383 e. The van der Waals surface area contributed by atoms with Crippen LogP contribution in [0.15, 0.2) is 35.7 Å². The highest BCUT2D eigenvalue weighted by Gasteiger charge is 2.28. The molecule has 3 rings (SSSR count). The molecule has 0 amide bonds. The lowest BCUT2D eigenvalue weighted by atomic mass is 9.95. The maximum absolute atomic E-state index is 5.82. The summed E-state index contributed by atoms with van der Waals surface area (Å²) in [5.41, 5.74) is 7.09. The third-order valence-corrected chi connectivity index (χ3v) is 4.23. The maximum Gasteiger partial charge on any atom is 0.191 e. The van der Waals surface area contributed by atoms with Gasteiger partial charge in [0, 0.05) is 24.4 Å². The van der Waals surface area contributed by atoms with Gasteiger partial charge in [-0.1, -0.05) is 11.8 Å². The van der Waals surface area contributed by atoms with Crippen molar-refractivity contribution in [2.75, 3.05) is 30.5 Å². The standard InChI is InChI=1S/C15H19N5OS/c1-22-15-19-13(16)7-14(20-15)18-12-9-21-8-11(12)6-10-2-4-17-5-3-10/h2-5,7,11-12H,6,8-9H2,1H3,(H3,16,18,19,20)/t11-,12+/m1/s1. The maximum atomic E-state index is 5.82. The molecule has 0 radical (unpaired) electrons. The molecular weight excluding hydrogens is 298 g/mol. The van der Waals surface area contributed by atoms with Gasteiger partial charge < -0.3 is 15.8 Å². The molecule has 1 saturated heterocycles. The Morgan fingerprint density at radius 3 is 2.91 bits per heavy atom. The van der Waals surface area contributed by atoms with Crippen LogP contribution in [-0.4, -0.2) is 40.5 Å². The van der Waals surface area contributed by atoms with E-state index in [2.05, 4.69) is 20.3 Å². The number of pyridine rings is 1. The number of thioether (sulfide) groups is 1. The molecule has 2 aromatic heterocycles. The Balaban J connectivity index is 1.70. The van der Waals surface area contributed by atoms with Crippen molar-refractivity contribution in [1.82, 2.24) is 15.0 Å². The van der Waals surface area contributed by atoms with Crippen LogP contribution < -0.4 is 11.1 Å². The third-order valence-electron chi connectivity index (χ3n) is 3.69. The first-order valence-electron chi connectivity index (χ1n) is 7.16. The van der Waals surface area contributed by atoms with Crippen LogP contribution in [0.1, 0.15) is 5.56 Å². The van der Waals surface area contributed by atoms with E-state index >= 15 is 0 Å². The lowest BCUT2D eigenvalue weighted by Gasteiger charge is -2.20. The van der Waals surface area contributed by atoms with Crippen LogP contribution in [0.25, 0.3) is 0 Å². The van der Waals surface area contributed by atoms with Gasteiger partial charge in [-0.25, -0.2) is 9.97 Å². The van der Waals surface area contributed by atoms with Crippen LogP contribution in [0.3, 0.4) is 0 Å². The van der Waals surface area contributed by atoms with Crippen LogP contribution >= 0.6 is 11.8 Å². The lowest BCUT2D eigenvalue weighted by molar-refractivity contribution is 0.185. The Hall–Kier alpha value is -1.86. The minimum atomic E-state index is 0.220. The second kappa shape index (κ2) is 6.93. The van der Waals surface area contributed by atoms with E-state index in [0.29, 0.717) is 23.5 Å². The van der Waals surface area contributed by atoms with Crippen molar-refractivity contribution < 1.29 is 4.74 Å². The summed E-state index contributed by atoms with van der Waals surface area (Å²) < 4.78 is 5.64. The van der Waals surface area contributed by atoms with Gasteiger partial charge in [-0.2, -0.15) is 0 Å². The quantitative estimate of drug-likeness (QED) is 0.643. The van der Waals surface area contributed by atoms with Crippen LogP contribution in [-0.2, 0) is 11.2 Å². The summed E-state index contributed by atoms with van der Waals surface area (Å²) in [7, 11) is 0. The Kier molecular flexibility index (Phi) is 4.74. The molecule has 0 spiro atoms. The van der Waals surface area contributed by atoms with E-state index in [4.69, 9.17) is 10.5 Å². The van der Waals surface area contributed by atoms with E-state index in [1.54, 1.807) is 6.07 Å². The number of anilines is 2. The van der Waals surface area contributed by atoms with Crippen molar-refractivity contribution in [3.05, 3.63) is 36.2 Å². The first kappa shape index (κ1) is 15.1. The minimum Gasteiger partial charge on any atom is -0.383 e. The molecule has 0 bridgehead atoms. The first-order valence-corrected chi connectivity index (χ1v) is 8.39. The Morgan fingerprint density at radius 1 is 1.32 bits per heavy atom. The van der Waals surface area contributed by atoms with Gasteiger partial charge in [-0.15, -0.1) is 0 Å². The highest BCUT2D eigenvalue weighted by Crippen LogP contribution is 2.23. The molecule has 6 nitrogen and oxygen atoms in total. The van der Waals surface area contributed by atoms with E-state index in [9.17, 15) is 0 Å². The zero-order chi connectivity index (χ0) is 15.4. The molecule has 7 heteroatoms. The number of aromatic nitrogens is 3. The number of ether oxygens (including phenoxy) is 1. The average Bonchev–Trinajstić information content (AvgIpc) is 2.94. The van der Waals surface area contributed by atoms with Crippen molar-refractivity contribution in [3.63, 3.8) is 0 Å². The summed E-state index contributed by atoms with van der Waals surface area (Å²) in [6, 6.07) is 6.08. The summed E-state index contributed by atoms with van der Waals surface area (Å²) in [4.78, 5) is 12.7. The van der Waals surface area contributed by atoms with Crippen molar-refractivity contribution >= 4 is 23.4 Å². The monoisotopic (exact) mass is 317 g/mol. The fourth-order valence-corrected chi connectivity index (χ4v) is 2.97. The van der Waals surface area contributed by atoms with Crippen molar-refractivity contribution in [3.8, 4) is 0 Å². The lowest BCUT2D eigenvalue weighted by Crippen LogP contribution is -2.29. The molecule has 3 heterocycles. The van der Waals surface area contributed by atoms with Crippen LogP contribution in [0, 0.1) is 5.92 Å². The SMILES string of the molecule is CSc1nc(N)cc(N[C@H]2COC[C@H]2Cc2ccncc2)n1. The molecule has 2 atom stereocenters. The Morgan fingerprint density at radius 2 is 2.14 bits per heavy atom. The molecule has 1 fully saturated rings. The van der Waals surface area contributed by atoms with Gasteiger partial charge in [0.15, 0.2) is 5.16 Å². The summed E-state index contributed by atoms with van der Waals surface area (Å²) >= 11 is 1.48. The van der Waals surface area contributed by atoms with E-state index in [1.807, 2.05) is 30.8 Å². The average molecular weight is 317 g/mol. The summed E-state index contributed by atoms with van der Waals surface area (Å²) in [5.74, 6) is 1.63. The fourth-order valence-electron chi connectivity index (χ4n) is 2.58. The second-order valence-corrected chi connectivity index (χ2v) is 6.05. The predicted octanol–water partition coefficient (Wildman–Crippen LogP) is 1.85. The highest BCUT2D eigenvalue weighted by molar-refractivity contribution is 7.98. The smallest absolute Gasteiger partial charge is 0.191 e. The van der Waals surface area contributed by atoms with Gasteiger partial charge >= 0.3 is 0 Å². The van der Waals surface area contributed by atoms with Crippen molar-refractivity contribution in [2.24, 2.45) is 5.92 Å². The first-order chi connectivity index (χ1) is 10.7. The van der Waals surface area contributed by atoms with E-state index in [0.717, 1.165) is 18.8 Å². The molecule has 1 aliphatic rings. The summed E-state index contributed by atoms with van der Waals surface area (Å²) in [6.07, 6.45) is 6.53. The van der Waals surface area contributed by atoms with Crippen molar-refractivity contribution in [2.45, 2.75) is 17.6 Å². The second-order valence-electron chi connectivity index (χ2n) is 5.27. The number of hydrogen-bond acceptors (Lipinski definition) is 7. The molecule has 116 valence electrons. The van der Waals surface area contributed by atoms with E-state index in [1.165, 1.54) is 17.3 Å². The van der Waals surface area contributed by atoms with E-state index in [-0.39, 0.29) is 6.04 Å². The number of nitrogens with two attached hydrogens (primary N) is 1. The fraction of sp³-hybridized carbons (Fsp3) is 0.400. The predicted molar refractivity (Wildman–Crippen MR) is 87.9 cm³/mol. The topological polar surface area (TPSA) is 86.0 Å². The zero-order valence-electron chi connectivity index (χ0n) is 12.4. The molecule has 0 unspecified atom stereocenters. The molecule has 0 saturated carbocycles. The molecule has 0 aliphatic carbocycles. The summed E-state index contributed by atoms with van der Waals surface area (Å²) in [6.45, 7) is 1.42. The Labute approximate surface area is 133 Å². The van der Waals surface area contributed by atoms with Gasteiger partial charge in [0.25, 0.3) is 0 Å². The van der Waals surface area contributed by atoms with Gasteiger partial charge in [-0.3, -0.25) is 4.98 Å².